The molecular formula is C12H16BrNO3S. The highest BCUT2D eigenvalue weighted by atomic mass is 79.9. The van der Waals surface area contributed by atoms with Crippen molar-refractivity contribution in [3.05, 3.63) is 28.2 Å². The largest absolute Gasteiger partial charge is 0.392 e. The van der Waals surface area contributed by atoms with Crippen LogP contribution in [0.1, 0.15) is 18.4 Å². The van der Waals surface area contributed by atoms with E-state index in [9.17, 15) is 13.5 Å². The predicted octanol–water partition coefficient (Wildman–Crippen LogP) is 1.90. The number of aliphatic hydroxyl groups excluding tert-OH is 1. The Hall–Kier alpha value is -0.430. The van der Waals surface area contributed by atoms with Crippen molar-refractivity contribution in [3.8, 4) is 0 Å². The third-order valence-corrected chi connectivity index (χ3v) is 5.92. The van der Waals surface area contributed by atoms with Crippen molar-refractivity contribution in [2.24, 2.45) is 0 Å². The minimum atomic E-state index is -3.52. The van der Waals surface area contributed by atoms with Gasteiger partial charge in [-0.05, 0) is 53.4 Å². The maximum absolute atomic E-state index is 12.5. The van der Waals surface area contributed by atoms with Crippen LogP contribution in [0.25, 0.3) is 0 Å². The summed E-state index contributed by atoms with van der Waals surface area (Å²) < 4.78 is 26.9. The summed E-state index contributed by atoms with van der Waals surface area (Å²) in [5.74, 6) is 0. The van der Waals surface area contributed by atoms with Crippen molar-refractivity contribution in [2.75, 3.05) is 13.1 Å². The molecule has 0 aromatic heterocycles. The van der Waals surface area contributed by atoms with Gasteiger partial charge in [0.1, 0.15) is 0 Å². The lowest BCUT2D eigenvalue weighted by Crippen LogP contribution is -2.42. The van der Waals surface area contributed by atoms with Gasteiger partial charge in [-0.2, -0.15) is 4.31 Å². The monoisotopic (exact) mass is 333 g/mol. The van der Waals surface area contributed by atoms with Crippen LogP contribution in [-0.4, -0.2) is 37.0 Å². The first-order chi connectivity index (χ1) is 8.41. The third kappa shape index (κ3) is 2.77. The van der Waals surface area contributed by atoms with E-state index >= 15 is 0 Å². The van der Waals surface area contributed by atoms with Crippen molar-refractivity contribution in [1.82, 2.24) is 4.31 Å². The van der Waals surface area contributed by atoms with Gasteiger partial charge >= 0.3 is 0 Å². The van der Waals surface area contributed by atoms with Crippen molar-refractivity contribution >= 4 is 26.0 Å². The van der Waals surface area contributed by atoms with Crippen molar-refractivity contribution in [3.63, 3.8) is 0 Å². The molecule has 0 aliphatic carbocycles. The number of halogens is 1. The highest BCUT2D eigenvalue weighted by Gasteiger charge is 2.30. The minimum Gasteiger partial charge on any atom is -0.392 e. The molecule has 1 saturated heterocycles. The van der Waals surface area contributed by atoms with Gasteiger partial charge in [0.2, 0.25) is 10.0 Å². The molecule has 1 heterocycles. The van der Waals surface area contributed by atoms with E-state index in [4.69, 9.17) is 0 Å². The van der Waals surface area contributed by atoms with Crippen LogP contribution in [0.4, 0.5) is 0 Å². The average Bonchev–Trinajstić information content (AvgIpc) is 2.32. The zero-order chi connectivity index (χ0) is 13.3. The minimum absolute atomic E-state index is 0.183. The number of hydrogen-bond acceptors (Lipinski definition) is 3. The number of rotatable bonds is 2. The van der Waals surface area contributed by atoms with Crippen molar-refractivity contribution < 1.29 is 13.5 Å². The van der Waals surface area contributed by atoms with E-state index in [2.05, 4.69) is 15.9 Å². The molecule has 1 unspecified atom stereocenters. The van der Waals surface area contributed by atoms with Crippen LogP contribution in [-0.2, 0) is 10.0 Å². The number of piperidine rings is 1. The first-order valence-electron chi connectivity index (χ1n) is 5.85. The first kappa shape index (κ1) is 14.0. The molecule has 0 saturated carbocycles. The van der Waals surface area contributed by atoms with Crippen LogP contribution >= 0.6 is 15.9 Å². The molecule has 4 nitrogen and oxygen atoms in total. The van der Waals surface area contributed by atoms with Gasteiger partial charge in [0.15, 0.2) is 0 Å². The number of aryl methyl sites for hydroxylation is 1. The molecule has 2 rings (SSSR count). The van der Waals surface area contributed by atoms with Crippen LogP contribution in [0.3, 0.4) is 0 Å². The standard InChI is InChI=1S/C12H16BrNO3S/c1-9-4-5-11(13)12(7-9)18(16,17)14-6-2-3-10(15)8-14/h4-5,7,10,15H,2-3,6,8H2,1H3. The summed E-state index contributed by atoms with van der Waals surface area (Å²) >= 11 is 3.28. The molecule has 1 fully saturated rings. The Kier molecular flexibility index (Phi) is 4.11. The number of hydrogen-bond donors (Lipinski definition) is 1. The van der Waals surface area contributed by atoms with E-state index in [0.717, 1.165) is 5.56 Å². The van der Waals surface area contributed by atoms with Gasteiger partial charge < -0.3 is 5.11 Å². The molecule has 0 amide bonds. The van der Waals surface area contributed by atoms with Gasteiger partial charge in [-0.25, -0.2) is 8.42 Å². The summed E-state index contributed by atoms with van der Waals surface area (Å²) in [4.78, 5) is 0.275. The zero-order valence-corrected chi connectivity index (χ0v) is 12.5. The molecule has 6 heteroatoms. The normalized spacial score (nSPS) is 22.1. The number of nitrogens with zero attached hydrogens (tertiary/aromatic N) is 1. The molecular weight excluding hydrogens is 318 g/mol. The summed E-state index contributed by atoms with van der Waals surface area (Å²) in [5.41, 5.74) is 0.898. The molecule has 0 radical (unpaired) electrons. The predicted molar refractivity (Wildman–Crippen MR) is 72.9 cm³/mol. The summed E-state index contributed by atoms with van der Waals surface area (Å²) in [6.45, 7) is 2.51. The second kappa shape index (κ2) is 5.28. The van der Waals surface area contributed by atoms with E-state index in [-0.39, 0.29) is 11.4 Å². The zero-order valence-electron chi connectivity index (χ0n) is 10.1. The van der Waals surface area contributed by atoms with E-state index in [1.54, 1.807) is 12.1 Å². The van der Waals surface area contributed by atoms with E-state index in [1.807, 2.05) is 13.0 Å². The fourth-order valence-corrected chi connectivity index (χ4v) is 4.61. The van der Waals surface area contributed by atoms with E-state index in [0.29, 0.717) is 23.9 Å². The molecule has 1 aliphatic rings. The highest BCUT2D eigenvalue weighted by molar-refractivity contribution is 9.10. The lowest BCUT2D eigenvalue weighted by molar-refractivity contribution is 0.108. The van der Waals surface area contributed by atoms with Crippen LogP contribution < -0.4 is 0 Å². The second-order valence-electron chi connectivity index (χ2n) is 4.59. The Morgan fingerprint density at radius 3 is 2.83 bits per heavy atom. The van der Waals surface area contributed by atoms with Crippen molar-refractivity contribution in [2.45, 2.75) is 30.8 Å². The van der Waals surface area contributed by atoms with Gasteiger partial charge in [-0.1, -0.05) is 6.07 Å². The van der Waals surface area contributed by atoms with Gasteiger partial charge in [0, 0.05) is 17.6 Å². The number of aliphatic hydroxyl groups is 1. The van der Waals surface area contributed by atoms with E-state index in [1.165, 1.54) is 4.31 Å². The lowest BCUT2D eigenvalue weighted by atomic mass is 10.1. The van der Waals surface area contributed by atoms with Crippen LogP contribution in [0, 0.1) is 6.92 Å². The molecule has 0 spiro atoms. The second-order valence-corrected chi connectivity index (χ2v) is 7.35. The lowest BCUT2D eigenvalue weighted by Gasteiger charge is -2.29. The van der Waals surface area contributed by atoms with Crippen LogP contribution in [0.15, 0.2) is 27.6 Å². The summed E-state index contributed by atoms with van der Waals surface area (Å²) in [6.07, 6.45) is 0.808. The molecule has 1 atom stereocenters. The molecule has 1 aromatic rings. The quantitative estimate of drug-likeness (QED) is 0.899. The van der Waals surface area contributed by atoms with Gasteiger partial charge in [0.25, 0.3) is 0 Å². The number of β-amino-alcohol motifs (C(OH)–C–C–N with tert-alkyl or cyclic N) is 1. The molecule has 18 heavy (non-hydrogen) atoms. The Labute approximate surface area is 116 Å². The Morgan fingerprint density at radius 1 is 1.44 bits per heavy atom. The van der Waals surface area contributed by atoms with Gasteiger partial charge in [0.05, 0.1) is 11.0 Å². The van der Waals surface area contributed by atoms with Gasteiger partial charge in [-0.3, -0.25) is 0 Å². The molecule has 0 bridgehead atoms. The fourth-order valence-electron chi connectivity index (χ4n) is 2.09. The topological polar surface area (TPSA) is 57.6 Å². The fraction of sp³-hybridized carbons (Fsp3) is 0.500. The summed E-state index contributed by atoms with van der Waals surface area (Å²) in [6, 6.07) is 5.25. The average molecular weight is 334 g/mol. The van der Waals surface area contributed by atoms with E-state index < -0.39 is 16.1 Å². The molecule has 1 aliphatic heterocycles. The van der Waals surface area contributed by atoms with Crippen molar-refractivity contribution in [1.29, 1.82) is 0 Å². The first-order valence-corrected chi connectivity index (χ1v) is 8.09. The highest BCUT2D eigenvalue weighted by Crippen LogP contribution is 2.27. The summed E-state index contributed by atoms with van der Waals surface area (Å²) in [7, 11) is -3.52. The Bertz CT molecular complexity index is 544. The van der Waals surface area contributed by atoms with Crippen LogP contribution in [0.5, 0.6) is 0 Å². The molecule has 100 valence electrons. The third-order valence-electron chi connectivity index (χ3n) is 3.06. The number of benzene rings is 1. The Morgan fingerprint density at radius 2 is 2.17 bits per heavy atom. The van der Waals surface area contributed by atoms with Gasteiger partial charge in [-0.15, -0.1) is 0 Å². The molecule has 1 aromatic carbocycles. The number of sulfonamides is 1. The smallest absolute Gasteiger partial charge is 0.244 e. The SMILES string of the molecule is Cc1ccc(Br)c(S(=O)(=O)N2CCCC(O)C2)c1. The maximum atomic E-state index is 12.5. The Balaban J connectivity index is 2.38. The molecule has 1 N–H and O–H groups in total. The van der Waals surface area contributed by atoms with Crippen LogP contribution in [0.2, 0.25) is 0 Å². The maximum Gasteiger partial charge on any atom is 0.244 e. The summed E-state index contributed by atoms with van der Waals surface area (Å²) in [5, 5.41) is 9.60.